The molecule has 3 aromatic carbocycles. The lowest BCUT2D eigenvalue weighted by molar-refractivity contribution is 0.0264. The van der Waals surface area contributed by atoms with E-state index in [0.29, 0.717) is 68.2 Å². The van der Waals surface area contributed by atoms with E-state index in [1.54, 1.807) is 37.1 Å². The molecule has 49 heavy (non-hydrogen) atoms. The predicted octanol–water partition coefficient (Wildman–Crippen LogP) is 7.58. The Bertz CT molecular complexity index is 1610. The quantitative estimate of drug-likeness (QED) is 0.0706. The molecule has 0 radical (unpaired) electrons. The van der Waals surface area contributed by atoms with Gasteiger partial charge in [0.1, 0.15) is 6.61 Å². The summed E-state index contributed by atoms with van der Waals surface area (Å²) in [5.74, 6) is 1.26. The van der Waals surface area contributed by atoms with Crippen LogP contribution in [0.1, 0.15) is 40.9 Å². The van der Waals surface area contributed by atoms with E-state index in [0.717, 1.165) is 41.0 Å². The number of carbonyl (C=O) groups is 1. The highest BCUT2D eigenvalue weighted by Crippen LogP contribution is 2.41. The average molecular weight is 728 g/mol. The number of nitrogens with zero attached hydrogens (tertiary/aromatic N) is 3. The molecule has 2 aliphatic rings. The van der Waals surface area contributed by atoms with Crippen LogP contribution < -0.4 is 19.3 Å². The summed E-state index contributed by atoms with van der Waals surface area (Å²) in [5.41, 5.74) is 6.13. The fourth-order valence-corrected chi connectivity index (χ4v) is 8.41. The lowest BCUT2D eigenvalue weighted by atomic mass is 10.1. The number of hydrogen-bond acceptors (Lipinski definition) is 10. The normalized spacial score (nSPS) is 15.1. The summed E-state index contributed by atoms with van der Waals surface area (Å²) in [5, 5.41) is 0. The second kappa shape index (κ2) is 17.8. The van der Waals surface area contributed by atoms with Crippen LogP contribution in [0.4, 0.5) is 17.1 Å². The largest absolute Gasteiger partial charge is 0.493 e. The molecule has 5 rings (SSSR count). The van der Waals surface area contributed by atoms with Crippen molar-refractivity contribution in [2.24, 2.45) is 4.99 Å². The van der Waals surface area contributed by atoms with Crippen LogP contribution >= 0.6 is 33.2 Å². The molecule has 0 unspecified atom stereocenters. The molecule has 3 aromatic rings. The molecule has 0 saturated heterocycles. The van der Waals surface area contributed by atoms with Crippen LogP contribution in [0.3, 0.4) is 0 Å². The minimum atomic E-state index is -0.133. The Balaban J connectivity index is 1.33. The van der Waals surface area contributed by atoms with Gasteiger partial charge < -0.3 is 28.6 Å². The number of halogens is 1. The van der Waals surface area contributed by atoms with Crippen LogP contribution in [0.5, 0.6) is 11.5 Å². The summed E-state index contributed by atoms with van der Waals surface area (Å²) in [7, 11) is 6.86. The summed E-state index contributed by atoms with van der Waals surface area (Å²) in [4.78, 5) is 22.8. The number of ether oxygens (including phenoxy) is 5. The first-order valence-electron chi connectivity index (χ1n) is 16.4. The Morgan fingerprint density at radius 2 is 1.73 bits per heavy atom. The fraction of sp³-hybridized carbons (Fsp3) is 0.459. The van der Waals surface area contributed by atoms with Crippen molar-refractivity contribution in [2.75, 3.05) is 76.4 Å². The highest BCUT2D eigenvalue weighted by atomic mass is 35.5. The number of fused-ring (bicyclic) bond motifs is 4. The molecular formula is C37H46ClN3O6S2. The molecule has 264 valence electrons. The number of methoxy groups -OCH3 is 2. The third kappa shape index (κ3) is 9.65. The number of aliphatic imine (C=N–C) groups is 1. The van der Waals surface area contributed by atoms with E-state index >= 15 is 0 Å². The molecule has 12 heteroatoms. The van der Waals surface area contributed by atoms with E-state index in [1.165, 1.54) is 0 Å². The van der Waals surface area contributed by atoms with E-state index in [9.17, 15) is 4.79 Å². The number of benzene rings is 3. The van der Waals surface area contributed by atoms with Crippen molar-refractivity contribution in [1.29, 1.82) is 0 Å². The lowest BCUT2D eigenvalue weighted by Crippen LogP contribution is -2.38. The number of carbonyl (C=O) groups excluding carboxylic acids is 1. The molecule has 0 fully saturated rings. The standard InChI is InChI=1S/C37H46ClN3O6S2/c1-37(2,49-48-5)25-40(10-11-45-14-15-46-13-12-43-3)29-17-26(22-38)16-27(18-29)24-47-35-21-32-31(20-34(35)44-4)36(42)41-30(23-39-32)19-28-8-6-7-9-33(28)41/h6-9,16-18,20-21,23,30H,10-15,19,22,24-25H2,1-5H3/t30-/m0/s1. The minimum absolute atomic E-state index is 0.0133. The molecule has 0 saturated carbocycles. The van der Waals surface area contributed by atoms with Crippen LogP contribution in [0.2, 0.25) is 0 Å². The maximum Gasteiger partial charge on any atom is 0.261 e. The fourth-order valence-electron chi connectivity index (χ4n) is 6.09. The lowest BCUT2D eigenvalue weighted by Gasteiger charge is -2.34. The smallest absolute Gasteiger partial charge is 0.261 e. The topological polar surface area (TPSA) is 82.1 Å². The molecule has 0 N–H and O–H groups in total. The van der Waals surface area contributed by atoms with Gasteiger partial charge in [-0.2, -0.15) is 0 Å². The van der Waals surface area contributed by atoms with Gasteiger partial charge in [0.05, 0.1) is 57.4 Å². The SMILES string of the molecule is COCCOCCOCCN(CC(C)(C)SSC)c1cc(CCl)cc(COc2cc3c(cc2OC)C(=O)N2c4ccccc4C[C@H]2C=N3)c1. The van der Waals surface area contributed by atoms with Crippen molar-refractivity contribution in [3.8, 4) is 11.5 Å². The van der Waals surface area contributed by atoms with Gasteiger partial charge in [-0.1, -0.05) is 45.9 Å². The molecule has 2 heterocycles. The Hall–Kier alpha value is -2.93. The number of hydrogen-bond donors (Lipinski definition) is 0. The van der Waals surface area contributed by atoms with Gasteiger partial charge in [-0.3, -0.25) is 14.7 Å². The zero-order chi connectivity index (χ0) is 34.8. The third-order valence-electron chi connectivity index (χ3n) is 8.27. The van der Waals surface area contributed by atoms with E-state index < -0.39 is 0 Å². The monoisotopic (exact) mass is 727 g/mol. The van der Waals surface area contributed by atoms with Gasteiger partial charge >= 0.3 is 0 Å². The number of anilines is 2. The zero-order valence-corrected chi connectivity index (χ0v) is 31.3. The van der Waals surface area contributed by atoms with Crippen molar-refractivity contribution >= 4 is 62.4 Å². The maximum absolute atomic E-state index is 13.8. The van der Waals surface area contributed by atoms with Crippen molar-refractivity contribution < 1.29 is 28.5 Å². The Morgan fingerprint density at radius 1 is 0.980 bits per heavy atom. The average Bonchev–Trinajstić information content (AvgIpc) is 3.42. The van der Waals surface area contributed by atoms with Gasteiger partial charge in [-0.25, -0.2) is 0 Å². The Labute approximate surface area is 303 Å². The first-order chi connectivity index (χ1) is 23.8. The third-order valence-corrected chi connectivity index (χ3v) is 11.2. The summed E-state index contributed by atoms with van der Waals surface area (Å²) in [6, 6.07) is 17.8. The van der Waals surface area contributed by atoms with Crippen molar-refractivity contribution in [2.45, 2.75) is 43.5 Å². The molecule has 0 spiro atoms. The second-order valence-electron chi connectivity index (χ2n) is 12.5. The zero-order valence-electron chi connectivity index (χ0n) is 28.9. The summed E-state index contributed by atoms with van der Waals surface area (Å²) < 4.78 is 28.6. The number of amides is 1. The number of rotatable bonds is 19. The van der Waals surface area contributed by atoms with E-state index in [4.69, 9.17) is 40.3 Å². The first-order valence-corrected chi connectivity index (χ1v) is 19.5. The molecule has 0 bridgehead atoms. The van der Waals surface area contributed by atoms with E-state index in [-0.39, 0.29) is 23.3 Å². The molecule has 9 nitrogen and oxygen atoms in total. The molecule has 0 aromatic heterocycles. The van der Waals surface area contributed by atoms with Gasteiger partial charge in [0.15, 0.2) is 11.5 Å². The Kier molecular flexibility index (Phi) is 13.6. The maximum atomic E-state index is 13.8. The molecule has 2 aliphatic heterocycles. The van der Waals surface area contributed by atoms with Crippen molar-refractivity contribution in [1.82, 2.24) is 0 Å². The van der Waals surface area contributed by atoms with E-state index in [2.05, 4.69) is 49.3 Å². The van der Waals surface area contributed by atoms with Gasteiger partial charge in [0, 0.05) is 60.9 Å². The summed E-state index contributed by atoms with van der Waals surface area (Å²) >= 11 is 6.42. The van der Waals surface area contributed by atoms with E-state index in [1.807, 2.05) is 40.1 Å². The number of para-hydroxylation sites is 1. The van der Waals surface area contributed by atoms with Crippen LogP contribution in [0, 0.1) is 0 Å². The van der Waals surface area contributed by atoms with Gasteiger partial charge in [0.25, 0.3) is 5.91 Å². The minimum Gasteiger partial charge on any atom is -0.493 e. The van der Waals surface area contributed by atoms with Crippen molar-refractivity contribution in [3.05, 3.63) is 76.9 Å². The summed E-state index contributed by atoms with van der Waals surface area (Å²) in [6.07, 6.45) is 4.70. The molecule has 1 atom stereocenters. The van der Waals surface area contributed by atoms with Gasteiger partial charge in [0.2, 0.25) is 0 Å². The number of alkyl halides is 1. The Morgan fingerprint density at radius 3 is 2.49 bits per heavy atom. The first kappa shape index (κ1) is 37.3. The highest BCUT2D eigenvalue weighted by molar-refractivity contribution is 8.77. The van der Waals surface area contributed by atoms with Crippen LogP contribution in [0.25, 0.3) is 0 Å². The molecular weight excluding hydrogens is 682 g/mol. The van der Waals surface area contributed by atoms with Gasteiger partial charge in [-0.15, -0.1) is 11.6 Å². The van der Waals surface area contributed by atoms with Crippen LogP contribution in [-0.2, 0) is 33.1 Å². The van der Waals surface area contributed by atoms with Crippen LogP contribution in [-0.4, -0.2) is 89.5 Å². The highest BCUT2D eigenvalue weighted by Gasteiger charge is 2.36. The summed E-state index contributed by atoms with van der Waals surface area (Å²) in [6.45, 7) is 9.02. The molecule has 1 amide bonds. The predicted molar refractivity (Wildman–Crippen MR) is 203 cm³/mol. The van der Waals surface area contributed by atoms with Crippen LogP contribution in [0.15, 0.2) is 59.6 Å². The molecule has 0 aliphatic carbocycles. The second-order valence-corrected chi connectivity index (χ2v) is 15.8. The van der Waals surface area contributed by atoms with Crippen molar-refractivity contribution in [3.63, 3.8) is 0 Å². The van der Waals surface area contributed by atoms with Gasteiger partial charge in [-0.05, 0) is 61.1 Å².